The fourth-order valence-electron chi connectivity index (χ4n) is 8.66. The zero-order chi connectivity index (χ0) is 44.1. The minimum Gasteiger partial charge on any atom is -1.00 e. The maximum atomic E-state index is 6.25. The Bertz CT molecular complexity index is 2480. The number of benzene rings is 2. The SMILES string of the molecule is CCCCCCCCCCCCOc1ccc(-c2c3nc(cc4ccc([nH]4)c(-c4ccc(OCCC[N+](C)(C)CCC[N+](C)(C)C)cc4)c4nc(cc5ccc2[nH]5)C=C4)C=C3)cc1.[Cl-].[Cl-]. The first-order valence-electron chi connectivity index (χ1n) is 23.7. The van der Waals surface area contributed by atoms with Gasteiger partial charge < -0.3 is 53.2 Å². The number of quaternary nitrogens is 2. The van der Waals surface area contributed by atoms with Crippen molar-refractivity contribution in [2.45, 2.75) is 84.0 Å². The van der Waals surface area contributed by atoms with Crippen molar-refractivity contribution in [1.82, 2.24) is 19.9 Å². The number of rotatable bonds is 23. The Hall–Kier alpha value is -4.86. The van der Waals surface area contributed by atoms with Crippen LogP contribution in [0, 0.1) is 0 Å². The third-order valence-corrected chi connectivity index (χ3v) is 12.2. The second-order valence-corrected chi connectivity index (χ2v) is 19.2. The number of ether oxygens (including phenoxy) is 2. The second-order valence-electron chi connectivity index (χ2n) is 19.2. The molecule has 0 fully saturated rings. The minimum absolute atomic E-state index is 0. The lowest BCUT2D eigenvalue weighted by Gasteiger charge is -2.31. The van der Waals surface area contributed by atoms with Crippen LogP contribution in [0.25, 0.3) is 68.6 Å². The standard InChI is InChI=1S/C55H72N6O2.2ClH/c1-7-8-9-10-11-12-13-14-15-16-38-62-48-27-19-42(20-28-48)54-50-31-23-44(56-50)40-46-25-33-52(58-46)55(53-34-26-47(59-53)41-45-24-32-51(54)57-45)43-21-29-49(30-22-43)63-39-18-37-61(5,6)36-17-35-60(2,3)4;;/h19-34,40-41,56,59H,7-18,35-39H2,1-6H3;2*1H/q+2;;/p-2. The van der Waals surface area contributed by atoms with Crippen LogP contribution < -0.4 is 34.3 Å². The number of nitrogens with zero attached hydrogens (tertiary/aromatic N) is 4. The predicted molar refractivity (Wildman–Crippen MR) is 267 cm³/mol. The molecule has 0 saturated carbocycles. The van der Waals surface area contributed by atoms with Crippen LogP contribution in [0.5, 0.6) is 11.5 Å². The largest absolute Gasteiger partial charge is 1.00 e. The van der Waals surface area contributed by atoms with Crippen molar-refractivity contribution in [2.24, 2.45) is 0 Å². The smallest absolute Gasteiger partial charge is 0.119 e. The molecule has 0 unspecified atom stereocenters. The van der Waals surface area contributed by atoms with Gasteiger partial charge in [0, 0.05) is 46.0 Å². The van der Waals surface area contributed by atoms with Crippen molar-refractivity contribution in [2.75, 3.05) is 68.1 Å². The topological polar surface area (TPSA) is 75.8 Å². The van der Waals surface area contributed by atoms with Gasteiger partial charge in [-0.1, -0.05) is 89.0 Å². The van der Waals surface area contributed by atoms with Gasteiger partial charge in [0.05, 0.1) is 90.9 Å². The molecule has 0 atom stereocenters. The van der Waals surface area contributed by atoms with E-state index in [1.165, 1.54) is 77.3 Å². The number of aromatic amines is 2. The van der Waals surface area contributed by atoms with Gasteiger partial charge in [0.1, 0.15) is 11.5 Å². The molecule has 0 saturated heterocycles. The molecular weight excluding hydrogens is 848 g/mol. The summed E-state index contributed by atoms with van der Waals surface area (Å²) in [5.74, 6) is 1.79. The van der Waals surface area contributed by atoms with Gasteiger partial charge >= 0.3 is 0 Å². The van der Waals surface area contributed by atoms with Crippen molar-refractivity contribution in [3.63, 3.8) is 0 Å². The van der Waals surface area contributed by atoms with E-state index in [9.17, 15) is 0 Å². The van der Waals surface area contributed by atoms with Crippen molar-refractivity contribution in [3.8, 4) is 33.8 Å². The molecule has 2 N–H and O–H groups in total. The number of hydrogen-bond donors (Lipinski definition) is 2. The molecule has 0 spiro atoms. The van der Waals surface area contributed by atoms with Gasteiger partial charge in [0.15, 0.2) is 0 Å². The average molecular weight is 920 g/mol. The highest BCUT2D eigenvalue weighted by molar-refractivity contribution is 5.93. The summed E-state index contributed by atoms with van der Waals surface area (Å²) in [5.41, 5.74) is 11.8. The van der Waals surface area contributed by atoms with Crippen LogP contribution >= 0.6 is 0 Å². The highest BCUT2D eigenvalue weighted by Gasteiger charge is 2.18. The number of unbranched alkanes of at least 4 members (excludes halogenated alkanes) is 9. The highest BCUT2D eigenvalue weighted by Crippen LogP contribution is 2.34. The molecule has 5 aromatic rings. The summed E-state index contributed by atoms with van der Waals surface area (Å²) in [6, 6.07) is 29.7. The highest BCUT2D eigenvalue weighted by atomic mass is 35.5. The Labute approximate surface area is 401 Å². The summed E-state index contributed by atoms with van der Waals surface area (Å²) in [7, 11) is 11.5. The van der Waals surface area contributed by atoms with Crippen LogP contribution in [-0.2, 0) is 0 Å². The van der Waals surface area contributed by atoms with Crippen LogP contribution in [0.2, 0.25) is 0 Å². The van der Waals surface area contributed by atoms with Gasteiger partial charge in [-0.25, -0.2) is 9.97 Å². The summed E-state index contributed by atoms with van der Waals surface area (Å²) in [5, 5.41) is 0. The Morgan fingerprint density at radius 1 is 0.462 bits per heavy atom. The Balaban J connectivity index is 0.00000397. The molecule has 2 aliphatic heterocycles. The average Bonchev–Trinajstić information content (AvgIpc) is 4.10. The van der Waals surface area contributed by atoms with E-state index in [4.69, 9.17) is 19.4 Å². The lowest BCUT2D eigenvalue weighted by Crippen LogP contribution is -3.00. The molecule has 65 heavy (non-hydrogen) atoms. The van der Waals surface area contributed by atoms with Crippen LogP contribution in [-0.4, -0.2) is 97.0 Å². The molecule has 0 aliphatic carbocycles. The molecule has 2 aliphatic rings. The summed E-state index contributed by atoms with van der Waals surface area (Å²) < 4.78 is 14.5. The van der Waals surface area contributed by atoms with Gasteiger partial charge in [-0.2, -0.15) is 0 Å². The van der Waals surface area contributed by atoms with E-state index in [0.29, 0.717) is 6.61 Å². The van der Waals surface area contributed by atoms with E-state index in [1.54, 1.807) is 0 Å². The molecular formula is C55H72Cl2N6O2. The number of halogens is 2. The van der Waals surface area contributed by atoms with Crippen LogP contribution in [0.1, 0.15) is 107 Å². The second kappa shape index (κ2) is 24.6. The molecule has 348 valence electrons. The van der Waals surface area contributed by atoms with E-state index in [2.05, 4.69) is 161 Å². The van der Waals surface area contributed by atoms with Gasteiger partial charge in [-0.3, -0.25) is 0 Å². The van der Waals surface area contributed by atoms with Crippen molar-refractivity contribution >= 4 is 46.4 Å². The van der Waals surface area contributed by atoms with E-state index in [1.807, 2.05) is 0 Å². The maximum Gasteiger partial charge on any atom is 0.119 e. The molecule has 2 aromatic carbocycles. The molecule has 0 amide bonds. The fourth-order valence-corrected chi connectivity index (χ4v) is 8.66. The maximum absolute atomic E-state index is 6.25. The summed E-state index contributed by atoms with van der Waals surface area (Å²) in [6.45, 7) is 7.19. The first kappa shape index (κ1) is 51.1. The zero-order valence-electron chi connectivity index (χ0n) is 39.8. The minimum atomic E-state index is 0. The van der Waals surface area contributed by atoms with E-state index in [0.717, 1.165) is 114 Å². The number of aromatic nitrogens is 4. The molecule has 3 aromatic heterocycles. The molecule has 8 bridgehead atoms. The van der Waals surface area contributed by atoms with Crippen molar-refractivity contribution in [3.05, 3.63) is 108 Å². The molecule has 7 rings (SSSR count). The van der Waals surface area contributed by atoms with E-state index in [-0.39, 0.29) is 24.8 Å². The quantitative estimate of drug-likeness (QED) is 0.0525. The lowest BCUT2D eigenvalue weighted by molar-refractivity contribution is -0.902. The zero-order valence-corrected chi connectivity index (χ0v) is 41.3. The van der Waals surface area contributed by atoms with E-state index < -0.39 is 0 Å². The molecule has 8 nitrogen and oxygen atoms in total. The summed E-state index contributed by atoms with van der Waals surface area (Å²) in [6.07, 6.45) is 23.8. The first-order valence-corrected chi connectivity index (χ1v) is 23.7. The molecule has 5 heterocycles. The first-order chi connectivity index (χ1) is 30.5. The number of hydrogen-bond acceptors (Lipinski definition) is 4. The third kappa shape index (κ3) is 15.4. The van der Waals surface area contributed by atoms with Crippen LogP contribution in [0.3, 0.4) is 0 Å². The predicted octanol–water partition coefficient (Wildman–Crippen LogP) is 7.24. The Morgan fingerprint density at radius 3 is 1.35 bits per heavy atom. The fraction of sp³-hybridized carbons (Fsp3) is 0.418. The van der Waals surface area contributed by atoms with Gasteiger partial charge in [-0.15, -0.1) is 0 Å². The number of fused-ring (bicyclic) bond motifs is 8. The lowest BCUT2D eigenvalue weighted by atomic mass is 10.0. The van der Waals surface area contributed by atoms with Gasteiger partial charge in [0.2, 0.25) is 0 Å². The Kier molecular flexibility index (Phi) is 19.4. The number of H-pyrrole nitrogens is 2. The van der Waals surface area contributed by atoms with Crippen molar-refractivity contribution in [1.29, 1.82) is 0 Å². The van der Waals surface area contributed by atoms with Crippen LogP contribution in [0.4, 0.5) is 0 Å². The Morgan fingerprint density at radius 2 is 0.892 bits per heavy atom. The normalized spacial score (nSPS) is 12.2. The third-order valence-electron chi connectivity index (χ3n) is 12.2. The monoisotopic (exact) mass is 919 g/mol. The molecule has 10 heteroatoms. The van der Waals surface area contributed by atoms with Crippen molar-refractivity contribution < 1.29 is 43.3 Å². The van der Waals surface area contributed by atoms with E-state index >= 15 is 0 Å². The van der Waals surface area contributed by atoms with Crippen LogP contribution in [0.15, 0.2) is 84.9 Å². The summed E-state index contributed by atoms with van der Waals surface area (Å²) in [4.78, 5) is 17.7. The molecule has 0 radical (unpaired) electrons. The number of nitrogens with one attached hydrogen (secondary N) is 2. The van der Waals surface area contributed by atoms with Gasteiger partial charge in [-0.05, 0) is 103 Å². The van der Waals surface area contributed by atoms with Gasteiger partial charge in [0.25, 0.3) is 0 Å². The summed E-state index contributed by atoms with van der Waals surface area (Å²) >= 11 is 0.